The largest absolute Gasteiger partial charge is 0.444 e. The molecule has 128 valence electrons. The van der Waals surface area contributed by atoms with Gasteiger partial charge in [0.25, 0.3) is 0 Å². The standard InChI is InChI=1S/C17H26ClN3O2/c1-17(2,3)23-16(22)21-9-5-4-6-14(21)12-19-10-13-7-8-15(18)20-11-13/h7-8,11,14,19H,4-6,9-10,12H2,1-3H3/t14-/m1/s1. The van der Waals surface area contributed by atoms with E-state index >= 15 is 0 Å². The second-order valence-corrected chi connectivity index (χ2v) is 7.33. The summed E-state index contributed by atoms with van der Waals surface area (Å²) in [6, 6.07) is 3.92. The summed E-state index contributed by atoms with van der Waals surface area (Å²) in [4.78, 5) is 18.3. The quantitative estimate of drug-likeness (QED) is 0.851. The number of likely N-dealkylation sites (tertiary alicyclic amines) is 1. The molecule has 5 nitrogen and oxygen atoms in total. The zero-order valence-electron chi connectivity index (χ0n) is 14.1. The summed E-state index contributed by atoms with van der Waals surface area (Å²) >= 11 is 5.78. The van der Waals surface area contributed by atoms with Crippen molar-refractivity contribution in [3.05, 3.63) is 29.0 Å². The van der Waals surface area contributed by atoms with Crippen LogP contribution in [0, 0.1) is 0 Å². The van der Waals surface area contributed by atoms with Gasteiger partial charge >= 0.3 is 6.09 Å². The number of rotatable bonds is 4. The summed E-state index contributed by atoms with van der Waals surface area (Å²) < 4.78 is 5.52. The number of piperidine rings is 1. The highest BCUT2D eigenvalue weighted by Gasteiger charge is 2.30. The predicted molar refractivity (Wildman–Crippen MR) is 91.5 cm³/mol. The molecular formula is C17H26ClN3O2. The second kappa shape index (κ2) is 7.97. The number of carbonyl (C=O) groups excluding carboxylic acids is 1. The molecule has 1 amide bonds. The minimum Gasteiger partial charge on any atom is -0.444 e. The fourth-order valence-electron chi connectivity index (χ4n) is 2.67. The maximum absolute atomic E-state index is 12.3. The van der Waals surface area contributed by atoms with Crippen LogP contribution in [0.1, 0.15) is 45.6 Å². The molecule has 1 aliphatic heterocycles. The van der Waals surface area contributed by atoms with E-state index in [0.29, 0.717) is 11.7 Å². The van der Waals surface area contributed by atoms with Gasteiger partial charge in [-0.25, -0.2) is 9.78 Å². The summed E-state index contributed by atoms with van der Waals surface area (Å²) in [7, 11) is 0. The van der Waals surface area contributed by atoms with E-state index in [1.165, 1.54) is 0 Å². The summed E-state index contributed by atoms with van der Waals surface area (Å²) in [6.07, 6.45) is 4.75. The molecule has 2 rings (SSSR count). The lowest BCUT2D eigenvalue weighted by atomic mass is 10.0. The highest BCUT2D eigenvalue weighted by atomic mass is 35.5. The van der Waals surface area contributed by atoms with E-state index in [1.807, 2.05) is 31.7 Å². The topological polar surface area (TPSA) is 54.5 Å². The first-order chi connectivity index (χ1) is 10.8. The van der Waals surface area contributed by atoms with Crippen LogP contribution in [0.5, 0.6) is 0 Å². The highest BCUT2D eigenvalue weighted by Crippen LogP contribution is 2.20. The molecule has 0 aliphatic carbocycles. The zero-order chi connectivity index (χ0) is 16.9. The van der Waals surface area contributed by atoms with E-state index < -0.39 is 5.60 Å². The van der Waals surface area contributed by atoms with Gasteiger partial charge in [-0.2, -0.15) is 0 Å². The normalized spacial score (nSPS) is 18.8. The molecule has 2 heterocycles. The molecule has 1 aliphatic rings. The number of amides is 1. The molecule has 0 radical (unpaired) electrons. The molecule has 1 saturated heterocycles. The first kappa shape index (κ1) is 18.0. The average molecular weight is 340 g/mol. The highest BCUT2D eigenvalue weighted by molar-refractivity contribution is 6.29. The van der Waals surface area contributed by atoms with Gasteiger partial charge in [0.05, 0.1) is 0 Å². The van der Waals surface area contributed by atoms with Crippen molar-refractivity contribution in [1.82, 2.24) is 15.2 Å². The number of hydrogen-bond acceptors (Lipinski definition) is 4. The van der Waals surface area contributed by atoms with E-state index in [-0.39, 0.29) is 12.1 Å². The Kier molecular flexibility index (Phi) is 6.25. The number of aromatic nitrogens is 1. The van der Waals surface area contributed by atoms with Gasteiger partial charge in [0.15, 0.2) is 0 Å². The van der Waals surface area contributed by atoms with E-state index in [4.69, 9.17) is 16.3 Å². The minimum atomic E-state index is -0.457. The predicted octanol–water partition coefficient (Wildman–Crippen LogP) is 3.61. The third kappa shape index (κ3) is 5.99. The van der Waals surface area contributed by atoms with Gasteiger partial charge in [-0.1, -0.05) is 17.7 Å². The van der Waals surface area contributed by atoms with E-state index in [9.17, 15) is 4.79 Å². The fourth-order valence-corrected chi connectivity index (χ4v) is 2.78. The number of ether oxygens (including phenoxy) is 1. The Morgan fingerprint density at radius 1 is 1.43 bits per heavy atom. The number of pyridine rings is 1. The van der Waals surface area contributed by atoms with Gasteiger partial charge in [-0.05, 0) is 51.7 Å². The van der Waals surface area contributed by atoms with E-state index in [2.05, 4.69) is 10.3 Å². The van der Waals surface area contributed by atoms with Gasteiger partial charge in [0.2, 0.25) is 0 Å². The second-order valence-electron chi connectivity index (χ2n) is 6.94. The summed E-state index contributed by atoms with van der Waals surface area (Å²) in [6.45, 7) is 7.93. The first-order valence-corrected chi connectivity index (χ1v) is 8.54. The minimum absolute atomic E-state index is 0.179. The fraction of sp³-hybridized carbons (Fsp3) is 0.647. The van der Waals surface area contributed by atoms with Crippen LogP contribution in [0.25, 0.3) is 0 Å². The molecule has 1 N–H and O–H groups in total. The van der Waals surface area contributed by atoms with Crippen molar-refractivity contribution in [2.45, 2.75) is 58.2 Å². The van der Waals surface area contributed by atoms with Crippen molar-refractivity contribution in [3.8, 4) is 0 Å². The molecule has 0 saturated carbocycles. The number of nitrogens with zero attached hydrogens (tertiary/aromatic N) is 2. The molecule has 6 heteroatoms. The third-order valence-electron chi connectivity index (χ3n) is 3.75. The Bertz CT molecular complexity index is 514. The Balaban J connectivity index is 1.86. The van der Waals surface area contributed by atoms with E-state index in [1.54, 1.807) is 12.3 Å². The molecule has 1 atom stereocenters. The lowest BCUT2D eigenvalue weighted by Gasteiger charge is -2.37. The monoisotopic (exact) mass is 339 g/mol. The van der Waals surface area contributed by atoms with Crippen LogP contribution in [0.3, 0.4) is 0 Å². The number of carbonyl (C=O) groups is 1. The summed E-state index contributed by atoms with van der Waals surface area (Å²) in [5.74, 6) is 0. The molecule has 0 spiro atoms. The molecule has 1 aromatic heterocycles. The maximum atomic E-state index is 12.3. The van der Waals surface area contributed by atoms with Crippen LogP contribution in [0.2, 0.25) is 5.15 Å². The zero-order valence-corrected chi connectivity index (χ0v) is 14.9. The molecule has 23 heavy (non-hydrogen) atoms. The van der Waals surface area contributed by atoms with Crippen molar-refractivity contribution in [2.75, 3.05) is 13.1 Å². The summed E-state index contributed by atoms with van der Waals surface area (Å²) in [5, 5.41) is 3.90. The molecule has 0 aromatic carbocycles. The van der Waals surface area contributed by atoms with Gasteiger partial charge in [-0.15, -0.1) is 0 Å². The average Bonchev–Trinajstić information content (AvgIpc) is 2.48. The lowest BCUT2D eigenvalue weighted by Crippen LogP contribution is -2.50. The van der Waals surface area contributed by atoms with Crippen LogP contribution in [-0.4, -0.2) is 40.7 Å². The van der Waals surface area contributed by atoms with Gasteiger partial charge < -0.3 is 15.0 Å². The Morgan fingerprint density at radius 3 is 2.87 bits per heavy atom. The van der Waals surface area contributed by atoms with Crippen molar-refractivity contribution < 1.29 is 9.53 Å². The maximum Gasteiger partial charge on any atom is 0.410 e. The lowest BCUT2D eigenvalue weighted by molar-refractivity contribution is 0.00993. The van der Waals surface area contributed by atoms with Crippen molar-refractivity contribution in [1.29, 1.82) is 0 Å². The molecule has 0 unspecified atom stereocenters. The van der Waals surface area contributed by atoms with Crippen LogP contribution in [0.15, 0.2) is 18.3 Å². The summed E-state index contributed by atoms with van der Waals surface area (Å²) in [5.41, 5.74) is 0.621. The SMILES string of the molecule is CC(C)(C)OC(=O)N1CCCC[C@@H]1CNCc1ccc(Cl)nc1. The molecule has 1 aromatic rings. The van der Waals surface area contributed by atoms with Crippen molar-refractivity contribution >= 4 is 17.7 Å². The van der Waals surface area contributed by atoms with Crippen LogP contribution < -0.4 is 5.32 Å². The molecular weight excluding hydrogens is 314 g/mol. The molecule has 0 bridgehead atoms. The number of hydrogen-bond donors (Lipinski definition) is 1. The Labute approximate surface area is 143 Å². The van der Waals surface area contributed by atoms with Crippen molar-refractivity contribution in [3.63, 3.8) is 0 Å². The van der Waals surface area contributed by atoms with Crippen molar-refractivity contribution in [2.24, 2.45) is 0 Å². The first-order valence-electron chi connectivity index (χ1n) is 8.16. The van der Waals surface area contributed by atoms with Crippen LogP contribution in [0.4, 0.5) is 4.79 Å². The van der Waals surface area contributed by atoms with Gasteiger partial charge in [-0.3, -0.25) is 0 Å². The number of nitrogens with one attached hydrogen (secondary N) is 1. The van der Waals surface area contributed by atoms with Gasteiger partial charge in [0, 0.05) is 31.9 Å². The smallest absolute Gasteiger partial charge is 0.410 e. The Morgan fingerprint density at radius 2 is 2.22 bits per heavy atom. The van der Waals surface area contributed by atoms with Crippen LogP contribution in [-0.2, 0) is 11.3 Å². The Hall–Kier alpha value is -1.33. The van der Waals surface area contributed by atoms with Gasteiger partial charge in [0.1, 0.15) is 10.8 Å². The third-order valence-corrected chi connectivity index (χ3v) is 3.98. The molecule has 1 fully saturated rings. The number of halogens is 1. The van der Waals surface area contributed by atoms with Crippen LogP contribution >= 0.6 is 11.6 Å². The van der Waals surface area contributed by atoms with E-state index in [0.717, 1.165) is 37.9 Å².